The van der Waals surface area contributed by atoms with Crippen LogP contribution >= 0.6 is 0 Å². The molecule has 2 unspecified atom stereocenters. The van der Waals surface area contributed by atoms with E-state index < -0.39 is 0 Å². The van der Waals surface area contributed by atoms with Crippen LogP contribution in [0.15, 0.2) is 59.4 Å². The molecule has 0 radical (unpaired) electrons. The van der Waals surface area contributed by atoms with E-state index in [2.05, 4.69) is 48.0 Å². The number of nitrogens with zero attached hydrogens (tertiary/aromatic N) is 3. The largest absolute Gasteiger partial charge is 0.495 e. The number of anilines is 1. The van der Waals surface area contributed by atoms with Gasteiger partial charge in [0.15, 0.2) is 0 Å². The molecule has 1 aromatic rings. The molecule has 0 aliphatic rings. The average molecular weight is 374 g/mol. The Kier molecular flexibility index (Phi) is 10.2. The minimum atomic E-state index is 0.0936. The zero-order valence-electron chi connectivity index (χ0n) is 17.4. The molecule has 0 bridgehead atoms. The fraction of sp³-hybridized carbons (Fsp3) is 0.524. The standard InChI is InChI=1S/C21H35N5O/c1-8-14-22-17(4)18(5)24-25-26(6)15-13-19(16(2)3)23-20-11-9-10-12-21(20)27-7/h8-12,17-19,22-23H,1-2,13-15H2,3-7H3/b25-24-/t17?,18-,19?/m0/s1. The number of para-hydroxylation sites is 2. The summed E-state index contributed by atoms with van der Waals surface area (Å²) >= 11 is 0. The lowest BCUT2D eigenvalue weighted by molar-refractivity contribution is 0.304. The molecule has 1 aromatic carbocycles. The van der Waals surface area contributed by atoms with Gasteiger partial charge in [-0.05, 0) is 39.3 Å². The van der Waals surface area contributed by atoms with Crippen LogP contribution in [0.5, 0.6) is 5.75 Å². The first-order valence-electron chi connectivity index (χ1n) is 9.40. The topological polar surface area (TPSA) is 61.2 Å². The van der Waals surface area contributed by atoms with Crippen molar-refractivity contribution in [1.29, 1.82) is 0 Å². The van der Waals surface area contributed by atoms with E-state index in [0.29, 0.717) is 0 Å². The molecule has 150 valence electrons. The highest BCUT2D eigenvalue weighted by Gasteiger charge is 2.13. The van der Waals surface area contributed by atoms with Gasteiger partial charge >= 0.3 is 0 Å². The third-order valence-electron chi connectivity index (χ3n) is 4.47. The van der Waals surface area contributed by atoms with Gasteiger partial charge in [-0.25, -0.2) is 0 Å². The first-order chi connectivity index (χ1) is 12.9. The van der Waals surface area contributed by atoms with Crippen LogP contribution in [0.25, 0.3) is 0 Å². The minimum absolute atomic E-state index is 0.0936. The molecule has 0 saturated heterocycles. The van der Waals surface area contributed by atoms with Gasteiger partial charge in [-0.2, -0.15) is 5.11 Å². The Balaban J connectivity index is 2.57. The van der Waals surface area contributed by atoms with Crippen molar-refractivity contribution < 1.29 is 4.74 Å². The van der Waals surface area contributed by atoms with Crippen molar-refractivity contribution in [2.45, 2.75) is 45.3 Å². The third-order valence-corrected chi connectivity index (χ3v) is 4.47. The van der Waals surface area contributed by atoms with E-state index in [1.165, 1.54) is 0 Å². The highest BCUT2D eigenvalue weighted by Crippen LogP contribution is 2.25. The van der Waals surface area contributed by atoms with Crippen molar-refractivity contribution in [3.05, 3.63) is 49.1 Å². The minimum Gasteiger partial charge on any atom is -0.495 e. The Labute approximate surface area is 164 Å². The SMILES string of the molecule is C=CCNC(C)[C@H](C)/N=N\N(C)CCC(Nc1ccccc1OC)C(=C)C. The lowest BCUT2D eigenvalue weighted by atomic mass is 10.1. The summed E-state index contributed by atoms with van der Waals surface area (Å²) in [5, 5.41) is 17.5. The second-order valence-electron chi connectivity index (χ2n) is 6.84. The summed E-state index contributed by atoms with van der Waals surface area (Å²) < 4.78 is 5.42. The molecule has 1 rings (SSSR count). The second kappa shape index (κ2) is 12.1. The summed E-state index contributed by atoms with van der Waals surface area (Å²) in [5.41, 5.74) is 2.04. The maximum absolute atomic E-state index is 5.42. The predicted octanol–water partition coefficient (Wildman–Crippen LogP) is 4.29. The van der Waals surface area contributed by atoms with Crippen LogP contribution in [0.1, 0.15) is 27.2 Å². The maximum atomic E-state index is 5.42. The molecule has 3 atom stereocenters. The van der Waals surface area contributed by atoms with E-state index in [1.807, 2.05) is 49.3 Å². The molecular formula is C21H35N5O. The lowest BCUT2D eigenvalue weighted by Gasteiger charge is -2.23. The molecule has 6 nitrogen and oxygen atoms in total. The van der Waals surface area contributed by atoms with Gasteiger partial charge in [0.25, 0.3) is 0 Å². The Hall–Kier alpha value is -2.34. The van der Waals surface area contributed by atoms with E-state index >= 15 is 0 Å². The first-order valence-corrected chi connectivity index (χ1v) is 9.40. The molecule has 27 heavy (non-hydrogen) atoms. The molecule has 0 spiro atoms. The normalized spacial score (nSPS) is 14.4. The van der Waals surface area contributed by atoms with Crippen molar-refractivity contribution in [3.63, 3.8) is 0 Å². The third kappa shape index (κ3) is 8.26. The first kappa shape index (κ1) is 22.7. The molecule has 6 heteroatoms. The van der Waals surface area contributed by atoms with Gasteiger partial charge in [-0.15, -0.1) is 6.58 Å². The summed E-state index contributed by atoms with van der Waals surface area (Å²) in [6.45, 7) is 15.6. The second-order valence-corrected chi connectivity index (χ2v) is 6.84. The van der Waals surface area contributed by atoms with E-state index in [0.717, 1.165) is 36.5 Å². The van der Waals surface area contributed by atoms with Crippen molar-refractivity contribution >= 4 is 5.69 Å². The molecule has 0 fully saturated rings. The summed E-state index contributed by atoms with van der Waals surface area (Å²) in [6.07, 6.45) is 2.71. The van der Waals surface area contributed by atoms with Crippen molar-refractivity contribution in [2.24, 2.45) is 10.3 Å². The van der Waals surface area contributed by atoms with E-state index in [4.69, 9.17) is 4.74 Å². The Morgan fingerprint density at radius 2 is 2.04 bits per heavy atom. The molecule has 0 aliphatic carbocycles. The van der Waals surface area contributed by atoms with Gasteiger partial charge in [0.05, 0.1) is 18.8 Å². The van der Waals surface area contributed by atoms with E-state index in [9.17, 15) is 0 Å². The maximum Gasteiger partial charge on any atom is 0.141 e. The fourth-order valence-corrected chi connectivity index (χ4v) is 2.46. The van der Waals surface area contributed by atoms with Gasteiger partial charge in [-0.3, -0.25) is 5.01 Å². The van der Waals surface area contributed by atoms with Gasteiger partial charge in [0.1, 0.15) is 5.75 Å². The van der Waals surface area contributed by atoms with Crippen LogP contribution < -0.4 is 15.4 Å². The quantitative estimate of drug-likeness (QED) is 0.307. The van der Waals surface area contributed by atoms with Crippen molar-refractivity contribution in [1.82, 2.24) is 10.3 Å². The van der Waals surface area contributed by atoms with Crippen LogP contribution in [0.4, 0.5) is 5.69 Å². The molecule has 0 amide bonds. The smallest absolute Gasteiger partial charge is 0.141 e. The number of methoxy groups -OCH3 is 1. The molecule has 0 saturated carbocycles. The summed E-state index contributed by atoms with van der Waals surface area (Å²) in [7, 11) is 3.62. The predicted molar refractivity (Wildman–Crippen MR) is 114 cm³/mol. The Morgan fingerprint density at radius 1 is 1.33 bits per heavy atom. The number of ether oxygens (including phenoxy) is 1. The van der Waals surface area contributed by atoms with Crippen molar-refractivity contribution in [3.8, 4) is 5.75 Å². The monoisotopic (exact) mass is 373 g/mol. The molecule has 2 N–H and O–H groups in total. The summed E-state index contributed by atoms with van der Waals surface area (Å²) in [5.74, 6) is 0.826. The number of hydrogen-bond donors (Lipinski definition) is 2. The van der Waals surface area contributed by atoms with E-state index in [-0.39, 0.29) is 18.1 Å². The van der Waals surface area contributed by atoms with Crippen LogP contribution in [0.2, 0.25) is 0 Å². The van der Waals surface area contributed by atoms with Crippen LogP contribution in [0.3, 0.4) is 0 Å². The Morgan fingerprint density at radius 3 is 2.67 bits per heavy atom. The highest BCUT2D eigenvalue weighted by molar-refractivity contribution is 5.57. The van der Waals surface area contributed by atoms with Crippen LogP contribution in [-0.2, 0) is 0 Å². The molecule has 0 aliphatic heterocycles. The zero-order valence-corrected chi connectivity index (χ0v) is 17.4. The lowest BCUT2D eigenvalue weighted by Crippen LogP contribution is -2.34. The average Bonchev–Trinajstić information content (AvgIpc) is 2.67. The van der Waals surface area contributed by atoms with Crippen LogP contribution in [0, 0.1) is 0 Å². The number of benzene rings is 1. The number of rotatable bonds is 13. The van der Waals surface area contributed by atoms with Crippen molar-refractivity contribution in [2.75, 3.05) is 32.6 Å². The van der Waals surface area contributed by atoms with Gasteiger partial charge < -0.3 is 15.4 Å². The van der Waals surface area contributed by atoms with Gasteiger partial charge in [0.2, 0.25) is 0 Å². The number of hydrogen-bond acceptors (Lipinski definition) is 5. The molecule has 0 aromatic heterocycles. The highest BCUT2D eigenvalue weighted by atomic mass is 16.5. The fourth-order valence-electron chi connectivity index (χ4n) is 2.46. The Bertz CT molecular complexity index is 616. The number of nitrogens with one attached hydrogen (secondary N) is 2. The molecular weight excluding hydrogens is 338 g/mol. The summed E-state index contributed by atoms with van der Waals surface area (Å²) in [6, 6.07) is 8.37. The van der Waals surface area contributed by atoms with Gasteiger partial charge in [0, 0.05) is 32.2 Å². The summed E-state index contributed by atoms with van der Waals surface area (Å²) in [4.78, 5) is 0. The molecule has 0 heterocycles. The van der Waals surface area contributed by atoms with Crippen LogP contribution in [-0.4, -0.2) is 50.4 Å². The van der Waals surface area contributed by atoms with Gasteiger partial charge in [-0.1, -0.05) is 35.6 Å². The zero-order chi connectivity index (χ0) is 20.2. The van der Waals surface area contributed by atoms with E-state index in [1.54, 1.807) is 7.11 Å².